The topological polar surface area (TPSA) is 63.6 Å². The lowest BCUT2D eigenvalue weighted by Gasteiger charge is -2.11. The first-order valence-electron chi connectivity index (χ1n) is 9.47. The minimum Gasteiger partial charge on any atom is -0.492 e. The van der Waals surface area contributed by atoms with Gasteiger partial charge in [-0.25, -0.2) is 9.98 Å². The minimum absolute atomic E-state index is 0.203. The van der Waals surface area contributed by atoms with E-state index < -0.39 is 0 Å². The van der Waals surface area contributed by atoms with Gasteiger partial charge in [0, 0.05) is 40.9 Å². The molecule has 1 aromatic heterocycles. The standard InChI is InChI=1S/C23H18ClN3O2/c1-13-9-15-10-20(27-22(15)25-12-13)18-11-16(5-6-19(18)24)26-23(28)17-4-2-3-14-7-8-29-21(14)17/h2-6,9,11-12H,7-8,10H2,1H3,(H,26,28). The van der Waals surface area contributed by atoms with Gasteiger partial charge in [0.1, 0.15) is 5.75 Å². The Bertz CT molecular complexity index is 1190. The van der Waals surface area contributed by atoms with Gasteiger partial charge < -0.3 is 10.1 Å². The summed E-state index contributed by atoms with van der Waals surface area (Å²) < 4.78 is 5.65. The zero-order chi connectivity index (χ0) is 20.0. The summed E-state index contributed by atoms with van der Waals surface area (Å²) in [4.78, 5) is 21.9. The quantitative estimate of drug-likeness (QED) is 0.676. The fourth-order valence-corrected chi connectivity index (χ4v) is 4.00. The van der Waals surface area contributed by atoms with Crippen molar-refractivity contribution in [3.8, 4) is 5.75 Å². The predicted molar refractivity (Wildman–Crippen MR) is 114 cm³/mol. The maximum Gasteiger partial charge on any atom is 0.259 e. The zero-order valence-corrected chi connectivity index (χ0v) is 16.6. The van der Waals surface area contributed by atoms with Crippen molar-refractivity contribution in [3.05, 3.63) is 81.5 Å². The summed E-state index contributed by atoms with van der Waals surface area (Å²) in [7, 11) is 0. The fourth-order valence-electron chi connectivity index (χ4n) is 3.77. The summed E-state index contributed by atoms with van der Waals surface area (Å²) in [6, 6.07) is 13.2. The van der Waals surface area contributed by atoms with Gasteiger partial charge in [-0.3, -0.25) is 4.79 Å². The molecule has 6 heteroatoms. The molecule has 2 aromatic carbocycles. The van der Waals surface area contributed by atoms with Crippen LogP contribution < -0.4 is 10.1 Å². The molecule has 0 spiro atoms. The summed E-state index contributed by atoms with van der Waals surface area (Å²) in [5.74, 6) is 1.20. The van der Waals surface area contributed by atoms with E-state index in [0.29, 0.717) is 35.1 Å². The number of nitrogens with zero attached hydrogens (tertiary/aromatic N) is 2. The van der Waals surface area contributed by atoms with Crippen LogP contribution in [-0.2, 0) is 12.8 Å². The van der Waals surface area contributed by atoms with Gasteiger partial charge in [-0.2, -0.15) is 0 Å². The van der Waals surface area contributed by atoms with Crippen molar-refractivity contribution in [1.82, 2.24) is 4.98 Å². The Labute approximate surface area is 173 Å². The highest BCUT2D eigenvalue weighted by Gasteiger charge is 2.22. The molecule has 0 atom stereocenters. The molecule has 1 amide bonds. The number of fused-ring (bicyclic) bond motifs is 2. The van der Waals surface area contributed by atoms with Crippen molar-refractivity contribution in [2.75, 3.05) is 11.9 Å². The number of benzene rings is 2. The van der Waals surface area contributed by atoms with E-state index in [1.54, 1.807) is 18.2 Å². The number of carbonyl (C=O) groups excluding carboxylic acids is 1. The summed E-state index contributed by atoms with van der Waals surface area (Å²) in [6.07, 6.45) is 3.31. The summed E-state index contributed by atoms with van der Waals surface area (Å²) in [5.41, 5.74) is 6.11. The maximum absolute atomic E-state index is 12.8. The molecule has 5 rings (SSSR count). The number of rotatable bonds is 3. The second-order valence-electron chi connectivity index (χ2n) is 7.27. The summed E-state index contributed by atoms with van der Waals surface area (Å²) >= 11 is 6.45. The first kappa shape index (κ1) is 17.9. The lowest BCUT2D eigenvalue weighted by Crippen LogP contribution is -2.14. The third-order valence-electron chi connectivity index (χ3n) is 5.17. The smallest absolute Gasteiger partial charge is 0.259 e. The van der Waals surface area contributed by atoms with E-state index in [0.717, 1.165) is 40.2 Å². The summed E-state index contributed by atoms with van der Waals surface area (Å²) in [5, 5.41) is 3.55. The van der Waals surface area contributed by atoms with Crippen LogP contribution >= 0.6 is 11.6 Å². The number of para-hydroxylation sites is 1. The highest BCUT2D eigenvalue weighted by molar-refractivity contribution is 6.34. The minimum atomic E-state index is -0.203. The number of nitrogens with one attached hydrogen (secondary N) is 1. The van der Waals surface area contributed by atoms with Crippen LogP contribution in [0, 0.1) is 6.92 Å². The van der Waals surface area contributed by atoms with Gasteiger partial charge in [0.25, 0.3) is 5.91 Å². The van der Waals surface area contributed by atoms with Crippen LogP contribution in [0.25, 0.3) is 0 Å². The van der Waals surface area contributed by atoms with Crippen molar-refractivity contribution in [1.29, 1.82) is 0 Å². The number of aromatic nitrogens is 1. The number of hydrogen-bond acceptors (Lipinski definition) is 4. The average Bonchev–Trinajstić information content (AvgIpc) is 3.35. The van der Waals surface area contributed by atoms with Gasteiger partial charge >= 0.3 is 0 Å². The molecule has 1 N–H and O–H groups in total. The fraction of sp³-hybridized carbons (Fsp3) is 0.174. The van der Waals surface area contributed by atoms with Gasteiger partial charge in [-0.1, -0.05) is 29.8 Å². The van der Waals surface area contributed by atoms with E-state index in [4.69, 9.17) is 16.3 Å². The van der Waals surface area contributed by atoms with E-state index in [2.05, 4.69) is 21.4 Å². The van der Waals surface area contributed by atoms with Crippen LogP contribution in [0.4, 0.5) is 11.5 Å². The predicted octanol–water partition coefficient (Wildman–Crippen LogP) is 4.91. The van der Waals surface area contributed by atoms with E-state index >= 15 is 0 Å². The number of hydrogen-bond donors (Lipinski definition) is 1. The SMILES string of the molecule is Cc1cnc2c(c1)CC(c1cc(NC(=O)c3cccc4c3OCC4)ccc1Cl)=N2. The first-order valence-corrected chi connectivity index (χ1v) is 9.85. The largest absolute Gasteiger partial charge is 0.492 e. The van der Waals surface area contributed by atoms with E-state index in [1.165, 1.54) is 0 Å². The molecule has 0 aliphatic carbocycles. The number of pyridine rings is 1. The Hall–Kier alpha value is -3.18. The van der Waals surface area contributed by atoms with Crippen molar-refractivity contribution in [3.63, 3.8) is 0 Å². The molecule has 0 saturated heterocycles. The third kappa shape index (κ3) is 3.28. The van der Waals surface area contributed by atoms with Crippen LogP contribution in [0.3, 0.4) is 0 Å². The Balaban J connectivity index is 1.42. The molecule has 2 aliphatic rings. The van der Waals surface area contributed by atoms with Crippen molar-refractivity contribution >= 4 is 34.7 Å². The lowest BCUT2D eigenvalue weighted by molar-refractivity contribution is 0.102. The number of carbonyl (C=O) groups is 1. The van der Waals surface area contributed by atoms with Crippen molar-refractivity contribution in [2.24, 2.45) is 4.99 Å². The molecular weight excluding hydrogens is 386 g/mol. The zero-order valence-electron chi connectivity index (χ0n) is 15.8. The molecular formula is C23H18ClN3O2. The van der Waals surface area contributed by atoms with Crippen LogP contribution in [0.1, 0.15) is 32.6 Å². The van der Waals surface area contributed by atoms with E-state index in [-0.39, 0.29) is 5.91 Å². The van der Waals surface area contributed by atoms with E-state index in [9.17, 15) is 4.79 Å². The van der Waals surface area contributed by atoms with Crippen LogP contribution in [0.2, 0.25) is 5.02 Å². The molecule has 5 nitrogen and oxygen atoms in total. The average molecular weight is 404 g/mol. The van der Waals surface area contributed by atoms with Gasteiger partial charge in [0.15, 0.2) is 5.82 Å². The van der Waals surface area contributed by atoms with E-state index in [1.807, 2.05) is 31.3 Å². The molecule has 0 bridgehead atoms. The normalized spacial score (nSPS) is 14.1. The van der Waals surface area contributed by atoms with Crippen LogP contribution in [0.15, 0.2) is 53.7 Å². The number of ether oxygens (including phenoxy) is 1. The van der Waals surface area contributed by atoms with Crippen LogP contribution in [-0.4, -0.2) is 23.2 Å². The monoisotopic (exact) mass is 403 g/mol. The molecule has 0 fully saturated rings. The van der Waals surface area contributed by atoms with Gasteiger partial charge in [-0.05, 0) is 42.3 Å². The molecule has 0 radical (unpaired) electrons. The number of amides is 1. The molecule has 0 unspecified atom stereocenters. The molecule has 2 aliphatic heterocycles. The molecule has 29 heavy (non-hydrogen) atoms. The molecule has 3 heterocycles. The van der Waals surface area contributed by atoms with Crippen LogP contribution in [0.5, 0.6) is 5.75 Å². The Morgan fingerprint density at radius 2 is 2.07 bits per heavy atom. The molecule has 3 aromatic rings. The highest BCUT2D eigenvalue weighted by atomic mass is 35.5. The molecule has 144 valence electrons. The van der Waals surface area contributed by atoms with Crippen molar-refractivity contribution in [2.45, 2.75) is 19.8 Å². The van der Waals surface area contributed by atoms with Gasteiger partial charge in [0.2, 0.25) is 0 Å². The number of aryl methyl sites for hydroxylation is 1. The van der Waals surface area contributed by atoms with Gasteiger partial charge in [-0.15, -0.1) is 0 Å². The third-order valence-corrected chi connectivity index (χ3v) is 5.50. The Morgan fingerprint density at radius 1 is 1.17 bits per heavy atom. The maximum atomic E-state index is 12.8. The molecule has 0 saturated carbocycles. The van der Waals surface area contributed by atoms with Crippen molar-refractivity contribution < 1.29 is 9.53 Å². The first-order chi connectivity index (χ1) is 14.1. The number of anilines is 1. The highest BCUT2D eigenvalue weighted by Crippen LogP contribution is 2.32. The second-order valence-corrected chi connectivity index (χ2v) is 7.68. The lowest BCUT2D eigenvalue weighted by atomic mass is 10.0. The van der Waals surface area contributed by atoms with Gasteiger partial charge in [0.05, 0.1) is 17.9 Å². The number of aliphatic imine (C=N–C) groups is 1. The Kier molecular flexibility index (Phi) is 4.32. The number of halogens is 1. The summed E-state index contributed by atoms with van der Waals surface area (Å²) in [6.45, 7) is 2.62. The second kappa shape index (κ2) is 7.01. The Morgan fingerprint density at radius 3 is 2.97 bits per heavy atom.